The van der Waals surface area contributed by atoms with Gasteiger partial charge in [-0.2, -0.15) is 5.10 Å². The largest absolute Gasteiger partial charge is 0.350 e. The van der Waals surface area contributed by atoms with Gasteiger partial charge in [0.2, 0.25) is 5.91 Å². The van der Waals surface area contributed by atoms with E-state index in [0.29, 0.717) is 6.54 Å². The molecule has 156 valence electrons. The maximum atomic E-state index is 12.4. The second kappa shape index (κ2) is 9.08. The van der Waals surface area contributed by atoms with Crippen LogP contribution in [0.2, 0.25) is 0 Å². The van der Waals surface area contributed by atoms with E-state index in [2.05, 4.69) is 10.3 Å². The number of H-pyrrole nitrogens is 1. The molecule has 4 aromatic rings. The Labute approximate surface area is 177 Å². The Balaban J connectivity index is 1.52. The van der Waals surface area contributed by atoms with Gasteiger partial charge in [0.25, 0.3) is 5.56 Å². The number of rotatable bonds is 7. The number of aromatic nitrogens is 4. The van der Waals surface area contributed by atoms with Crippen molar-refractivity contribution in [3.8, 4) is 11.3 Å². The lowest BCUT2D eigenvalue weighted by Gasteiger charge is -2.07. The Morgan fingerprint density at radius 2 is 1.68 bits per heavy atom. The number of benzene rings is 2. The molecule has 8 nitrogen and oxygen atoms in total. The summed E-state index contributed by atoms with van der Waals surface area (Å²) < 4.78 is 3.00. The molecule has 0 spiro atoms. The van der Waals surface area contributed by atoms with Gasteiger partial charge in [-0.15, -0.1) is 0 Å². The Morgan fingerprint density at radius 1 is 0.968 bits per heavy atom. The van der Waals surface area contributed by atoms with Crippen LogP contribution in [-0.4, -0.2) is 25.2 Å². The van der Waals surface area contributed by atoms with Gasteiger partial charge in [-0.1, -0.05) is 60.7 Å². The van der Waals surface area contributed by atoms with Crippen LogP contribution in [0, 0.1) is 0 Å². The molecular weight excluding hydrogens is 394 g/mol. The van der Waals surface area contributed by atoms with Gasteiger partial charge in [-0.05, 0) is 5.56 Å². The summed E-state index contributed by atoms with van der Waals surface area (Å²) in [4.78, 5) is 37.5. The average Bonchev–Trinajstić information content (AvgIpc) is 3.18. The molecule has 0 bridgehead atoms. The third-order valence-electron chi connectivity index (χ3n) is 4.76. The van der Waals surface area contributed by atoms with Gasteiger partial charge >= 0.3 is 5.69 Å². The summed E-state index contributed by atoms with van der Waals surface area (Å²) in [7, 11) is 0. The number of hydrogen-bond acceptors (Lipinski definition) is 4. The molecule has 0 fully saturated rings. The lowest BCUT2D eigenvalue weighted by atomic mass is 10.1. The lowest BCUT2D eigenvalue weighted by Crippen LogP contribution is -2.35. The zero-order valence-corrected chi connectivity index (χ0v) is 16.7. The minimum Gasteiger partial charge on any atom is -0.350 e. The molecule has 0 aliphatic rings. The molecule has 4 rings (SSSR count). The Morgan fingerprint density at radius 3 is 2.39 bits per heavy atom. The Hall–Kier alpha value is -4.20. The molecule has 0 unspecified atom stereocenters. The van der Waals surface area contributed by atoms with Gasteiger partial charge in [0.05, 0.1) is 12.2 Å². The fourth-order valence-electron chi connectivity index (χ4n) is 3.26. The highest BCUT2D eigenvalue weighted by molar-refractivity contribution is 5.76. The van der Waals surface area contributed by atoms with Crippen molar-refractivity contribution >= 4 is 5.91 Å². The summed E-state index contributed by atoms with van der Waals surface area (Å²) in [6, 6.07) is 21.0. The topological polar surface area (TPSA) is 102 Å². The predicted octanol–water partition coefficient (Wildman–Crippen LogP) is 1.76. The molecular formula is C23H21N5O3. The van der Waals surface area contributed by atoms with E-state index in [-0.39, 0.29) is 19.0 Å². The van der Waals surface area contributed by atoms with E-state index in [0.717, 1.165) is 27.0 Å². The minimum absolute atomic E-state index is 0.186. The third-order valence-corrected chi connectivity index (χ3v) is 4.76. The highest BCUT2D eigenvalue weighted by Gasteiger charge is 2.13. The molecule has 0 aliphatic carbocycles. The summed E-state index contributed by atoms with van der Waals surface area (Å²) >= 11 is 0. The summed E-state index contributed by atoms with van der Waals surface area (Å²) in [5.74, 6) is -0.344. The summed E-state index contributed by atoms with van der Waals surface area (Å²) in [5.41, 5.74) is 2.61. The van der Waals surface area contributed by atoms with Crippen LogP contribution in [0.5, 0.6) is 0 Å². The van der Waals surface area contributed by atoms with Crippen molar-refractivity contribution in [2.24, 2.45) is 0 Å². The van der Waals surface area contributed by atoms with E-state index in [1.165, 1.54) is 12.3 Å². The lowest BCUT2D eigenvalue weighted by molar-refractivity contribution is -0.121. The highest BCUT2D eigenvalue weighted by Crippen LogP contribution is 2.22. The molecule has 2 N–H and O–H groups in total. The van der Waals surface area contributed by atoms with Crippen molar-refractivity contribution < 1.29 is 4.79 Å². The van der Waals surface area contributed by atoms with Gasteiger partial charge in [-0.25, -0.2) is 4.79 Å². The first-order chi connectivity index (χ1) is 15.1. The molecule has 0 radical (unpaired) electrons. The Bertz CT molecular complexity index is 1290. The fraction of sp³-hybridized carbons (Fsp3) is 0.130. The molecule has 0 saturated carbocycles. The van der Waals surface area contributed by atoms with E-state index < -0.39 is 11.2 Å². The van der Waals surface area contributed by atoms with Crippen molar-refractivity contribution in [3.05, 3.63) is 111 Å². The van der Waals surface area contributed by atoms with Crippen LogP contribution in [0.25, 0.3) is 11.3 Å². The standard InChI is InChI=1S/C23H21N5O3/c29-20-11-12-27(23(31)25-20)16-21(30)24-13-19-15-28(14-17-7-3-1-4-8-17)26-22(19)18-9-5-2-6-10-18/h1-12,15H,13-14,16H2,(H,24,30)(H,25,29,31). The minimum atomic E-state index is -0.622. The smallest absolute Gasteiger partial charge is 0.328 e. The maximum absolute atomic E-state index is 12.4. The van der Waals surface area contributed by atoms with Crippen LogP contribution in [0.15, 0.2) is 88.7 Å². The van der Waals surface area contributed by atoms with E-state index >= 15 is 0 Å². The molecule has 31 heavy (non-hydrogen) atoms. The van der Waals surface area contributed by atoms with Gasteiger partial charge in [0, 0.05) is 36.1 Å². The van der Waals surface area contributed by atoms with Crippen LogP contribution in [0.4, 0.5) is 0 Å². The first-order valence-electron chi connectivity index (χ1n) is 9.80. The van der Waals surface area contributed by atoms with E-state index in [4.69, 9.17) is 5.10 Å². The molecule has 2 heterocycles. The normalized spacial score (nSPS) is 10.7. The molecule has 0 atom stereocenters. The van der Waals surface area contributed by atoms with Crippen LogP contribution in [0.3, 0.4) is 0 Å². The zero-order valence-electron chi connectivity index (χ0n) is 16.7. The van der Waals surface area contributed by atoms with Gasteiger partial charge in [0.15, 0.2) is 0 Å². The summed E-state index contributed by atoms with van der Waals surface area (Å²) in [6.07, 6.45) is 3.22. The van der Waals surface area contributed by atoms with Gasteiger partial charge in [-0.3, -0.25) is 23.8 Å². The quantitative estimate of drug-likeness (QED) is 0.480. The molecule has 0 saturated heterocycles. The first-order valence-corrected chi connectivity index (χ1v) is 9.80. The molecule has 2 aromatic carbocycles. The SMILES string of the molecule is O=C(Cn1ccc(=O)[nH]c1=O)NCc1cn(Cc2ccccc2)nc1-c1ccccc1. The van der Waals surface area contributed by atoms with Crippen molar-refractivity contribution in [2.75, 3.05) is 0 Å². The maximum Gasteiger partial charge on any atom is 0.328 e. The number of hydrogen-bond donors (Lipinski definition) is 2. The van der Waals surface area contributed by atoms with E-state index in [1.807, 2.05) is 71.5 Å². The average molecular weight is 415 g/mol. The number of aromatic amines is 1. The number of nitrogens with one attached hydrogen (secondary N) is 2. The fourth-order valence-corrected chi connectivity index (χ4v) is 3.26. The highest BCUT2D eigenvalue weighted by atomic mass is 16.2. The number of carbonyl (C=O) groups is 1. The van der Waals surface area contributed by atoms with Crippen molar-refractivity contribution in [2.45, 2.75) is 19.6 Å². The summed E-state index contributed by atoms with van der Waals surface area (Å²) in [5, 5.41) is 7.56. The van der Waals surface area contributed by atoms with Crippen molar-refractivity contribution in [3.63, 3.8) is 0 Å². The van der Waals surface area contributed by atoms with Gasteiger partial charge in [0.1, 0.15) is 6.54 Å². The predicted molar refractivity (Wildman–Crippen MR) is 116 cm³/mol. The van der Waals surface area contributed by atoms with Crippen LogP contribution < -0.4 is 16.6 Å². The van der Waals surface area contributed by atoms with E-state index in [1.54, 1.807) is 0 Å². The third kappa shape index (κ3) is 5.05. The molecule has 8 heteroatoms. The van der Waals surface area contributed by atoms with Crippen molar-refractivity contribution in [1.82, 2.24) is 24.6 Å². The number of nitrogens with zero attached hydrogens (tertiary/aromatic N) is 3. The van der Waals surface area contributed by atoms with E-state index in [9.17, 15) is 14.4 Å². The van der Waals surface area contributed by atoms with Crippen molar-refractivity contribution in [1.29, 1.82) is 0 Å². The molecule has 1 amide bonds. The first kappa shape index (κ1) is 20.1. The van der Waals surface area contributed by atoms with Gasteiger partial charge < -0.3 is 5.32 Å². The van der Waals surface area contributed by atoms with Crippen LogP contribution in [-0.2, 0) is 24.4 Å². The Kier molecular flexibility index (Phi) is 5.89. The van der Waals surface area contributed by atoms with Crippen LogP contribution in [0.1, 0.15) is 11.1 Å². The second-order valence-corrected chi connectivity index (χ2v) is 7.07. The zero-order chi connectivity index (χ0) is 21.6. The second-order valence-electron chi connectivity index (χ2n) is 7.07. The van der Waals surface area contributed by atoms with Crippen LogP contribution >= 0.6 is 0 Å². The monoisotopic (exact) mass is 415 g/mol. The molecule has 0 aliphatic heterocycles. The molecule has 2 aromatic heterocycles. The number of carbonyl (C=O) groups excluding carboxylic acids is 1. The number of amides is 1. The summed E-state index contributed by atoms with van der Waals surface area (Å²) in [6.45, 7) is 0.686.